The minimum atomic E-state index is -0.653. The molecule has 2 rings (SSSR count). The van der Waals surface area contributed by atoms with Gasteiger partial charge in [0.15, 0.2) is 6.61 Å². The highest BCUT2D eigenvalue weighted by molar-refractivity contribution is 9.10. The van der Waals surface area contributed by atoms with Gasteiger partial charge in [-0.05, 0) is 85.4 Å². The number of hydrogen-bond donors (Lipinski definition) is 1. The molecule has 1 N–H and O–H groups in total. The molecule has 0 heterocycles. The van der Waals surface area contributed by atoms with Gasteiger partial charge in [0, 0.05) is 16.6 Å². The summed E-state index contributed by atoms with van der Waals surface area (Å²) in [5, 5.41) is 2.96. The second-order valence-electron chi connectivity index (χ2n) is 8.47. The van der Waals surface area contributed by atoms with E-state index in [1.165, 1.54) is 5.56 Å². The maximum Gasteiger partial charge on any atom is 0.261 e. The molecular weight excluding hydrogens is 524 g/mol. The van der Waals surface area contributed by atoms with E-state index < -0.39 is 11.6 Å². The summed E-state index contributed by atoms with van der Waals surface area (Å²) in [6, 6.07) is 12.9. The van der Waals surface area contributed by atoms with Crippen LogP contribution in [0.4, 0.5) is 0 Å². The van der Waals surface area contributed by atoms with E-state index in [1.54, 1.807) is 11.8 Å². The molecule has 1 atom stereocenters. The van der Waals surface area contributed by atoms with Gasteiger partial charge in [0.2, 0.25) is 5.91 Å². The maximum atomic E-state index is 13.1. The Morgan fingerprint density at radius 2 is 1.81 bits per heavy atom. The summed E-state index contributed by atoms with van der Waals surface area (Å²) in [6.45, 7) is 9.70. The molecule has 0 bridgehead atoms. The van der Waals surface area contributed by atoms with E-state index in [0.29, 0.717) is 12.3 Å². The zero-order valence-corrected chi connectivity index (χ0v) is 21.8. The van der Waals surface area contributed by atoms with E-state index in [9.17, 15) is 9.59 Å². The molecule has 0 saturated heterocycles. The first-order valence-corrected chi connectivity index (χ1v) is 11.9. The van der Waals surface area contributed by atoms with Gasteiger partial charge >= 0.3 is 0 Å². The average molecular weight is 554 g/mol. The molecule has 0 aliphatic carbocycles. The standard InChI is InChI=1S/C24H30Br2N2O3/c1-6-17-10-11-21(20(26)13-17)31-15-22(29)28(14-18-8-7-9-19(25)12-18)16(2)23(30)27-24(3,4)5/h7-13,16H,6,14-15H2,1-5H3,(H,27,30). The molecule has 0 spiro atoms. The van der Waals surface area contributed by atoms with Crippen molar-refractivity contribution in [2.45, 2.75) is 59.2 Å². The van der Waals surface area contributed by atoms with Crippen molar-refractivity contribution in [1.29, 1.82) is 0 Å². The Bertz CT molecular complexity index is 925. The molecule has 0 radical (unpaired) electrons. The fourth-order valence-corrected chi connectivity index (χ4v) is 3.98. The van der Waals surface area contributed by atoms with Gasteiger partial charge in [0.25, 0.3) is 5.91 Å². The molecule has 0 aliphatic rings. The van der Waals surface area contributed by atoms with Crippen LogP contribution in [0.2, 0.25) is 0 Å². The third kappa shape index (κ3) is 7.96. The summed E-state index contributed by atoms with van der Waals surface area (Å²) in [5.74, 6) is 0.132. The van der Waals surface area contributed by atoms with Crippen molar-refractivity contribution in [2.24, 2.45) is 0 Å². The van der Waals surface area contributed by atoms with Crippen molar-refractivity contribution in [3.8, 4) is 5.75 Å². The molecule has 2 amide bonds. The lowest BCUT2D eigenvalue weighted by Crippen LogP contribution is -2.53. The van der Waals surface area contributed by atoms with Crippen LogP contribution in [0.25, 0.3) is 0 Å². The molecule has 31 heavy (non-hydrogen) atoms. The predicted molar refractivity (Wildman–Crippen MR) is 131 cm³/mol. The van der Waals surface area contributed by atoms with Crippen LogP contribution in [0.1, 0.15) is 45.7 Å². The van der Waals surface area contributed by atoms with E-state index in [-0.39, 0.29) is 18.4 Å². The van der Waals surface area contributed by atoms with Gasteiger partial charge in [-0.25, -0.2) is 0 Å². The van der Waals surface area contributed by atoms with Crippen LogP contribution in [-0.2, 0) is 22.6 Å². The highest BCUT2D eigenvalue weighted by atomic mass is 79.9. The summed E-state index contributed by atoms with van der Waals surface area (Å²) in [7, 11) is 0. The number of nitrogens with one attached hydrogen (secondary N) is 1. The Hall–Kier alpha value is -1.86. The van der Waals surface area contributed by atoms with Crippen LogP contribution in [-0.4, -0.2) is 34.9 Å². The van der Waals surface area contributed by atoms with Crippen LogP contribution in [0.5, 0.6) is 5.75 Å². The Morgan fingerprint density at radius 3 is 2.39 bits per heavy atom. The van der Waals surface area contributed by atoms with E-state index in [0.717, 1.165) is 20.9 Å². The quantitative estimate of drug-likeness (QED) is 0.470. The fourth-order valence-electron chi connectivity index (χ4n) is 2.99. The van der Waals surface area contributed by atoms with Gasteiger partial charge in [0.1, 0.15) is 11.8 Å². The summed E-state index contributed by atoms with van der Waals surface area (Å²) in [6.07, 6.45) is 0.915. The third-order valence-corrected chi connectivity index (χ3v) is 5.78. The minimum absolute atomic E-state index is 0.161. The number of amides is 2. The first-order chi connectivity index (χ1) is 14.5. The lowest BCUT2D eigenvalue weighted by Gasteiger charge is -2.31. The molecule has 0 fully saturated rings. The highest BCUT2D eigenvalue weighted by Gasteiger charge is 2.28. The number of carbonyl (C=O) groups is 2. The summed E-state index contributed by atoms with van der Waals surface area (Å²) in [5.41, 5.74) is 1.71. The number of carbonyl (C=O) groups excluding carboxylic acids is 2. The maximum absolute atomic E-state index is 13.1. The fraction of sp³-hybridized carbons (Fsp3) is 0.417. The Labute approximate surface area is 201 Å². The number of benzene rings is 2. The minimum Gasteiger partial charge on any atom is -0.483 e. The average Bonchev–Trinajstić information content (AvgIpc) is 2.69. The molecule has 5 nitrogen and oxygen atoms in total. The summed E-state index contributed by atoms with van der Waals surface area (Å²) >= 11 is 6.97. The molecule has 168 valence electrons. The Morgan fingerprint density at radius 1 is 1.10 bits per heavy atom. The smallest absolute Gasteiger partial charge is 0.261 e. The van der Waals surface area contributed by atoms with E-state index in [2.05, 4.69) is 44.1 Å². The predicted octanol–water partition coefficient (Wildman–Crippen LogP) is 5.48. The van der Waals surface area contributed by atoms with E-state index in [4.69, 9.17) is 4.74 Å². The van der Waals surface area contributed by atoms with Crippen LogP contribution < -0.4 is 10.1 Å². The lowest BCUT2D eigenvalue weighted by atomic mass is 10.1. The molecule has 0 saturated carbocycles. The molecule has 1 unspecified atom stereocenters. The third-order valence-electron chi connectivity index (χ3n) is 4.66. The second kappa shape index (κ2) is 11.1. The van der Waals surface area contributed by atoms with Crippen molar-refractivity contribution >= 4 is 43.7 Å². The van der Waals surface area contributed by atoms with Crippen LogP contribution >= 0.6 is 31.9 Å². The molecule has 7 heteroatoms. The van der Waals surface area contributed by atoms with Crippen molar-refractivity contribution in [2.75, 3.05) is 6.61 Å². The van der Waals surface area contributed by atoms with Gasteiger partial charge in [-0.15, -0.1) is 0 Å². The van der Waals surface area contributed by atoms with E-state index in [1.807, 2.05) is 63.2 Å². The van der Waals surface area contributed by atoms with Gasteiger partial charge in [-0.2, -0.15) is 0 Å². The molecule has 2 aromatic rings. The summed E-state index contributed by atoms with van der Waals surface area (Å²) < 4.78 is 7.51. The number of rotatable bonds is 8. The van der Waals surface area contributed by atoms with E-state index >= 15 is 0 Å². The first kappa shape index (κ1) is 25.4. The van der Waals surface area contributed by atoms with Crippen molar-refractivity contribution < 1.29 is 14.3 Å². The monoisotopic (exact) mass is 552 g/mol. The number of aryl methyl sites for hydroxylation is 1. The zero-order valence-electron chi connectivity index (χ0n) is 18.7. The molecule has 0 aromatic heterocycles. The number of ether oxygens (including phenoxy) is 1. The van der Waals surface area contributed by atoms with Crippen LogP contribution in [0, 0.1) is 0 Å². The van der Waals surface area contributed by atoms with Crippen molar-refractivity contribution in [3.05, 3.63) is 62.5 Å². The Balaban J connectivity index is 2.19. The SMILES string of the molecule is CCc1ccc(OCC(=O)N(Cc2cccc(Br)c2)C(C)C(=O)NC(C)(C)C)c(Br)c1. The topological polar surface area (TPSA) is 58.6 Å². The van der Waals surface area contributed by atoms with Crippen LogP contribution in [0.15, 0.2) is 51.4 Å². The summed E-state index contributed by atoms with van der Waals surface area (Å²) in [4.78, 5) is 27.5. The normalized spacial score (nSPS) is 12.2. The molecular formula is C24H30Br2N2O3. The molecule has 0 aliphatic heterocycles. The molecule has 2 aromatic carbocycles. The second-order valence-corrected chi connectivity index (χ2v) is 10.2. The number of nitrogens with zero attached hydrogens (tertiary/aromatic N) is 1. The van der Waals surface area contributed by atoms with Gasteiger partial charge in [-0.3, -0.25) is 9.59 Å². The Kier molecular flexibility index (Phi) is 9.13. The van der Waals surface area contributed by atoms with Gasteiger partial charge < -0.3 is 15.0 Å². The van der Waals surface area contributed by atoms with Gasteiger partial charge in [-0.1, -0.05) is 41.1 Å². The highest BCUT2D eigenvalue weighted by Crippen LogP contribution is 2.26. The van der Waals surface area contributed by atoms with Gasteiger partial charge in [0.05, 0.1) is 4.47 Å². The lowest BCUT2D eigenvalue weighted by molar-refractivity contribution is -0.142. The number of hydrogen-bond acceptors (Lipinski definition) is 3. The van der Waals surface area contributed by atoms with Crippen molar-refractivity contribution in [3.63, 3.8) is 0 Å². The van der Waals surface area contributed by atoms with Crippen LogP contribution in [0.3, 0.4) is 0 Å². The zero-order chi connectivity index (χ0) is 23.2. The first-order valence-electron chi connectivity index (χ1n) is 10.3. The largest absolute Gasteiger partial charge is 0.483 e. The van der Waals surface area contributed by atoms with Crippen molar-refractivity contribution in [1.82, 2.24) is 10.2 Å². The number of halogens is 2.